The van der Waals surface area contributed by atoms with Gasteiger partial charge >= 0.3 is 0 Å². The molecule has 1 aromatic rings. The van der Waals surface area contributed by atoms with Crippen molar-refractivity contribution in [1.29, 1.82) is 0 Å². The fraction of sp³-hybridized carbons (Fsp3) is 0.556. The lowest BCUT2D eigenvalue weighted by Gasteiger charge is -2.25. The number of alkyl halides is 1. The van der Waals surface area contributed by atoms with Crippen LogP contribution in [0.3, 0.4) is 0 Å². The van der Waals surface area contributed by atoms with E-state index in [0.717, 1.165) is 12.1 Å². The molecule has 140 valence electrons. The molecular formula is C18H28ClN3O3. The molecule has 0 aliphatic heterocycles. The SMILES string of the molecule is CC(C)CNCC(O)C(Cc1ccccc1)NC(=O)CNC(=O)CCl. The lowest BCUT2D eigenvalue weighted by molar-refractivity contribution is -0.125. The number of nitrogens with one attached hydrogen (secondary N) is 3. The average Bonchev–Trinajstić information content (AvgIpc) is 2.59. The molecule has 2 atom stereocenters. The maximum Gasteiger partial charge on any atom is 0.239 e. The van der Waals surface area contributed by atoms with E-state index in [1.807, 2.05) is 30.3 Å². The molecule has 0 heterocycles. The van der Waals surface area contributed by atoms with Gasteiger partial charge in [-0.1, -0.05) is 44.2 Å². The van der Waals surface area contributed by atoms with Crippen LogP contribution in [0, 0.1) is 5.92 Å². The maximum absolute atomic E-state index is 12.1. The summed E-state index contributed by atoms with van der Waals surface area (Å²) in [4.78, 5) is 23.2. The van der Waals surface area contributed by atoms with E-state index in [1.54, 1.807) is 0 Å². The minimum absolute atomic E-state index is 0.164. The van der Waals surface area contributed by atoms with E-state index in [2.05, 4.69) is 29.8 Å². The van der Waals surface area contributed by atoms with Crippen molar-refractivity contribution in [3.05, 3.63) is 35.9 Å². The molecule has 1 rings (SSSR count). The second-order valence-corrected chi connectivity index (χ2v) is 6.66. The van der Waals surface area contributed by atoms with E-state index < -0.39 is 18.1 Å². The first-order valence-electron chi connectivity index (χ1n) is 8.47. The summed E-state index contributed by atoms with van der Waals surface area (Å²) >= 11 is 5.39. The number of benzene rings is 1. The van der Waals surface area contributed by atoms with Gasteiger partial charge in [0.25, 0.3) is 0 Å². The van der Waals surface area contributed by atoms with Crippen molar-refractivity contribution in [3.8, 4) is 0 Å². The fourth-order valence-electron chi connectivity index (χ4n) is 2.30. The topological polar surface area (TPSA) is 90.5 Å². The summed E-state index contributed by atoms with van der Waals surface area (Å²) in [5, 5.41) is 18.9. The summed E-state index contributed by atoms with van der Waals surface area (Å²) in [5.41, 5.74) is 1.01. The molecule has 25 heavy (non-hydrogen) atoms. The van der Waals surface area contributed by atoms with Crippen LogP contribution in [-0.4, -0.2) is 54.6 Å². The van der Waals surface area contributed by atoms with Crippen molar-refractivity contribution in [2.45, 2.75) is 32.4 Å². The van der Waals surface area contributed by atoms with Crippen molar-refractivity contribution >= 4 is 23.4 Å². The Hall–Kier alpha value is -1.63. The second-order valence-electron chi connectivity index (χ2n) is 6.39. The first kappa shape index (κ1) is 21.4. The normalized spacial score (nSPS) is 13.3. The van der Waals surface area contributed by atoms with Crippen LogP contribution in [0.5, 0.6) is 0 Å². The molecule has 0 radical (unpaired) electrons. The average molecular weight is 370 g/mol. The number of amides is 2. The van der Waals surface area contributed by atoms with Gasteiger partial charge in [-0.05, 0) is 24.4 Å². The van der Waals surface area contributed by atoms with E-state index in [0.29, 0.717) is 18.9 Å². The Labute approximate surface area is 154 Å². The molecule has 7 heteroatoms. The molecule has 0 spiro atoms. The summed E-state index contributed by atoms with van der Waals surface area (Å²) in [5.74, 6) is -0.486. The van der Waals surface area contributed by atoms with Crippen molar-refractivity contribution in [1.82, 2.24) is 16.0 Å². The van der Waals surface area contributed by atoms with Gasteiger partial charge in [0.05, 0.1) is 18.7 Å². The van der Waals surface area contributed by atoms with E-state index in [9.17, 15) is 14.7 Å². The van der Waals surface area contributed by atoms with Crippen LogP contribution in [0.25, 0.3) is 0 Å². The van der Waals surface area contributed by atoms with Crippen LogP contribution in [0.2, 0.25) is 0 Å². The van der Waals surface area contributed by atoms with Gasteiger partial charge in [0.2, 0.25) is 11.8 Å². The molecule has 0 fully saturated rings. The largest absolute Gasteiger partial charge is 0.390 e. The van der Waals surface area contributed by atoms with Gasteiger partial charge in [-0.3, -0.25) is 9.59 Å². The summed E-state index contributed by atoms with van der Waals surface area (Å²) in [7, 11) is 0. The lowest BCUT2D eigenvalue weighted by atomic mass is 10.0. The van der Waals surface area contributed by atoms with E-state index >= 15 is 0 Å². The number of hydrogen-bond donors (Lipinski definition) is 4. The molecule has 1 aromatic carbocycles. The van der Waals surface area contributed by atoms with Gasteiger partial charge in [0, 0.05) is 6.54 Å². The van der Waals surface area contributed by atoms with Crippen LogP contribution in [0.1, 0.15) is 19.4 Å². The number of carbonyl (C=O) groups excluding carboxylic acids is 2. The van der Waals surface area contributed by atoms with Crippen LogP contribution in [-0.2, 0) is 16.0 Å². The standard InChI is InChI=1S/C18H28ClN3O3/c1-13(2)10-20-11-16(23)15(8-14-6-4-3-5-7-14)22-18(25)12-21-17(24)9-19/h3-7,13,15-16,20,23H,8-12H2,1-2H3,(H,21,24)(H,22,25). The zero-order valence-corrected chi connectivity index (χ0v) is 15.6. The number of aliphatic hydroxyl groups excluding tert-OH is 1. The monoisotopic (exact) mass is 369 g/mol. The van der Waals surface area contributed by atoms with E-state index in [1.165, 1.54) is 0 Å². The van der Waals surface area contributed by atoms with Crippen molar-refractivity contribution in [2.24, 2.45) is 5.92 Å². The highest BCUT2D eigenvalue weighted by Crippen LogP contribution is 2.06. The summed E-state index contributed by atoms with van der Waals surface area (Å²) in [6, 6.07) is 9.18. The number of carbonyl (C=O) groups is 2. The van der Waals surface area contributed by atoms with Gasteiger partial charge in [-0.15, -0.1) is 11.6 Å². The zero-order valence-electron chi connectivity index (χ0n) is 14.8. The van der Waals surface area contributed by atoms with Crippen LogP contribution >= 0.6 is 11.6 Å². The molecule has 0 aromatic heterocycles. The highest BCUT2D eigenvalue weighted by molar-refractivity contribution is 6.27. The fourth-order valence-corrected chi connectivity index (χ4v) is 2.39. The molecule has 6 nitrogen and oxygen atoms in total. The second kappa shape index (κ2) is 11.8. The molecule has 0 saturated carbocycles. The molecule has 2 amide bonds. The molecule has 0 saturated heterocycles. The lowest BCUT2D eigenvalue weighted by Crippen LogP contribution is -2.51. The first-order valence-corrected chi connectivity index (χ1v) is 9.00. The van der Waals surface area contributed by atoms with Crippen molar-refractivity contribution < 1.29 is 14.7 Å². The minimum Gasteiger partial charge on any atom is -0.390 e. The Bertz CT molecular complexity index is 526. The zero-order chi connectivity index (χ0) is 18.7. The number of aliphatic hydroxyl groups is 1. The third-order valence-corrected chi connectivity index (χ3v) is 3.83. The number of rotatable bonds is 11. The molecule has 0 bridgehead atoms. The Balaban J connectivity index is 2.63. The third kappa shape index (κ3) is 9.43. The van der Waals surface area contributed by atoms with E-state index in [4.69, 9.17) is 11.6 Å². The Kier molecular flexibility index (Phi) is 10.1. The quantitative estimate of drug-likeness (QED) is 0.432. The van der Waals surface area contributed by atoms with Crippen LogP contribution in [0.15, 0.2) is 30.3 Å². The maximum atomic E-state index is 12.1. The smallest absolute Gasteiger partial charge is 0.239 e. The summed E-state index contributed by atoms with van der Waals surface area (Å²) in [6.45, 7) is 5.17. The van der Waals surface area contributed by atoms with Gasteiger partial charge in [-0.2, -0.15) is 0 Å². The molecular weight excluding hydrogens is 342 g/mol. The van der Waals surface area contributed by atoms with Gasteiger partial charge < -0.3 is 21.1 Å². The molecule has 0 aliphatic rings. The molecule has 0 aliphatic carbocycles. The summed E-state index contributed by atoms with van der Waals surface area (Å²) < 4.78 is 0. The van der Waals surface area contributed by atoms with Crippen LogP contribution in [0.4, 0.5) is 0 Å². The third-order valence-electron chi connectivity index (χ3n) is 3.58. The predicted molar refractivity (Wildman–Crippen MR) is 99.5 cm³/mol. The first-order chi connectivity index (χ1) is 11.9. The molecule has 4 N–H and O–H groups in total. The summed E-state index contributed by atoms with van der Waals surface area (Å²) in [6.07, 6.45) is -0.243. The van der Waals surface area contributed by atoms with Crippen molar-refractivity contribution in [3.63, 3.8) is 0 Å². The Morgan fingerprint density at radius 1 is 1.12 bits per heavy atom. The Morgan fingerprint density at radius 3 is 2.40 bits per heavy atom. The molecule has 2 unspecified atom stereocenters. The van der Waals surface area contributed by atoms with E-state index in [-0.39, 0.29) is 18.3 Å². The highest BCUT2D eigenvalue weighted by Gasteiger charge is 2.21. The highest BCUT2D eigenvalue weighted by atomic mass is 35.5. The van der Waals surface area contributed by atoms with Gasteiger partial charge in [-0.25, -0.2) is 0 Å². The van der Waals surface area contributed by atoms with Crippen molar-refractivity contribution in [2.75, 3.05) is 25.5 Å². The minimum atomic E-state index is -0.744. The van der Waals surface area contributed by atoms with Crippen LogP contribution < -0.4 is 16.0 Å². The number of halogens is 1. The number of hydrogen-bond acceptors (Lipinski definition) is 4. The predicted octanol–water partition coefficient (Wildman–Crippen LogP) is 0.675. The van der Waals surface area contributed by atoms with Gasteiger partial charge in [0.1, 0.15) is 5.88 Å². The Morgan fingerprint density at radius 2 is 1.80 bits per heavy atom. The van der Waals surface area contributed by atoms with Gasteiger partial charge in [0.15, 0.2) is 0 Å².